The Bertz CT molecular complexity index is 851. The summed E-state index contributed by atoms with van der Waals surface area (Å²) in [4.78, 5) is 12.5. The molecule has 3 aromatic rings. The monoisotopic (exact) mass is 301 g/mol. The second-order valence-electron chi connectivity index (χ2n) is 5.29. The average Bonchev–Trinajstić information content (AvgIpc) is 3.02. The van der Waals surface area contributed by atoms with Crippen LogP contribution in [-0.4, -0.2) is 25.2 Å². The van der Waals surface area contributed by atoms with Crippen LogP contribution < -0.4 is 5.32 Å². The maximum absolute atomic E-state index is 13.3. The first-order valence-electron chi connectivity index (χ1n) is 6.87. The predicted molar refractivity (Wildman–Crippen MR) is 79.8 cm³/mol. The number of amides is 1. The molecule has 0 radical (unpaired) electrons. The summed E-state index contributed by atoms with van der Waals surface area (Å²) in [6, 6.07) is 5.85. The number of halogens is 1. The van der Waals surface area contributed by atoms with E-state index >= 15 is 0 Å². The minimum atomic E-state index is -0.322. The number of nitrogens with zero attached hydrogens (tertiary/aromatic N) is 4. The Morgan fingerprint density at radius 2 is 2.09 bits per heavy atom. The standard InChI is InChI=1S/C15H16FN5O/c1-9(14-19-17-8-20(14)2)18-15(22)13-7-10-6-11(16)4-5-12(10)21(13)3/h4-9H,1-3H3,(H,18,22). The Kier molecular flexibility index (Phi) is 3.40. The van der Waals surface area contributed by atoms with Crippen molar-refractivity contribution >= 4 is 16.8 Å². The van der Waals surface area contributed by atoms with Crippen molar-refractivity contribution in [3.63, 3.8) is 0 Å². The quantitative estimate of drug-likeness (QED) is 0.804. The van der Waals surface area contributed by atoms with Crippen LogP contribution in [0.2, 0.25) is 0 Å². The fraction of sp³-hybridized carbons (Fsp3) is 0.267. The molecule has 1 unspecified atom stereocenters. The lowest BCUT2D eigenvalue weighted by molar-refractivity contribution is 0.0930. The molecule has 1 N–H and O–H groups in total. The zero-order valence-corrected chi connectivity index (χ0v) is 12.5. The highest BCUT2D eigenvalue weighted by Gasteiger charge is 2.18. The molecular weight excluding hydrogens is 285 g/mol. The molecule has 6 nitrogen and oxygen atoms in total. The smallest absolute Gasteiger partial charge is 0.268 e. The average molecular weight is 301 g/mol. The maximum Gasteiger partial charge on any atom is 0.268 e. The van der Waals surface area contributed by atoms with E-state index in [1.165, 1.54) is 12.1 Å². The van der Waals surface area contributed by atoms with Crippen LogP contribution >= 0.6 is 0 Å². The highest BCUT2D eigenvalue weighted by atomic mass is 19.1. The lowest BCUT2D eigenvalue weighted by Gasteiger charge is -2.13. The van der Waals surface area contributed by atoms with Crippen molar-refractivity contribution in [1.82, 2.24) is 24.6 Å². The van der Waals surface area contributed by atoms with Gasteiger partial charge in [-0.15, -0.1) is 10.2 Å². The third kappa shape index (κ3) is 2.34. The van der Waals surface area contributed by atoms with Gasteiger partial charge in [-0.05, 0) is 31.2 Å². The summed E-state index contributed by atoms with van der Waals surface area (Å²) in [7, 11) is 3.60. The highest BCUT2D eigenvalue weighted by Crippen LogP contribution is 2.20. The Hall–Kier alpha value is -2.70. The summed E-state index contributed by atoms with van der Waals surface area (Å²) >= 11 is 0. The molecule has 2 heterocycles. The molecule has 0 aliphatic carbocycles. The van der Waals surface area contributed by atoms with Crippen molar-refractivity contribution in [3.8, 4) is 0 Å². The molecule has 3 rings (SSSR count). The fourth-order valence-corrected chi connectivity index (χ4v) is 2.56. The van der Waals surface area contributed by atoms with Gasteiger partial charge in [-0.25, -0.2) is 4.39 Å². The van der Waals surface area contributed by atoms with Crippen molar-refractivity contribution in [3.05, 3.63) is 47.9 Å². The molecular formula is C15H16FN5O. The summed E-state index contributed by atoms with van der Waals surface area (Å²) in [5, 5.41) is 11.4. The van der Waals surface area contributed by atoms with Crippen LogP contribution in [0.4, 0.5) is 4.39 Å². The van der Waals surface area contributed by atoms with E-state index in [4.69, 9.17) is 0 Å². The molecule has 2 aromatic heterocycles. The fourth-order valence-electron chi connectivity index (χ4n) is 2.56. The molecule has 0 saturated carbocycles. The number of carbonyl (C=O) groups is 1. The van der Waals surface area contributed by atoms with Gasteiger partial charge in [0.05, 0.1) is 6.04 Å². The molecule has 0 saturated heterocycles. The largest absolute Gasteiger partial charge is 0.341 e. The van der Waals surface area contributed by atoms with Crippen LogP contribution in [0.3, 0.4) is 0 Å². The minimum Gasteiger partial charge on any atom is -0.341 e. The van der Waals surface area contributed by atoms with Crippen molar-refractivity contribution in [2.45, 2.75) is 13.0 Å². The molecule has 0 spiro atoms. The number of fused-ring (bicyclic) bond motifs is 1. The minimum absolute atomic E-state index is 0.241. The first kappa shape index (κ1) is 14.2. The Balaban J connectivity index is 1.89. The first-order valence-corrected chi connectivity index (χ1v) is 6.87. The molecule has 1 aromatic carbocycles. The van der Waals surface area contributed by atoms with E-state index in [0.717, 1.165) is 5.52 Å². The van der Waals surface area contributed by atoms with Gasteiger partial charge >= 0.3 is 0 Å². The lowest BCUT2D eigenvalue weighted by Crippen LogP contribution is -2.29. The topological polar surface area (TPSA) is 64.7 Å². The van der Waals surface area contributed by atoms with Gasteiger partial charge in [0.15, 0.2) is 5.82 Å². The number of benzene rings is 1. The molecule has 7 heteroatoms. The molecule has 1 amide bonds. The number of aromatic nitrogens is 4. The van der Waals surface area contributed by atoms with Gasteiger partial charge in [0.2, 0.25) is 0 Å². The van der Waals surface area contributed by atoms with Gasteiger partial charge in [0.25, 0.3) is 5.91 Å². The normalized spacial score (nSPS) is 12.5. The second-order valence-corrected chi connectivity index (χ2v) is 5.29. The Labute approximate surface area is 126 Å². The first-order chi connectivity index (χ1) is 10.5. The summed E-state index contributed by atoms with van der Waals surface area (Å²) in [6.45, 7) is 1.84. The number of nitrogens with one attached hydrogen (secondary N) is 1. The number of aryl methyl sites for hydroxylation is 2. The van der Waals surface area contributed by atoms with E-state index in [2.05, 4.69) is 15.5 Å². The summed E-state index contributed by atoms with van der Waals surface area (Å²) < 4.78 is 16.8. The molecule has 0 aliphatic rings. The van der Waals surface area contributed by atoms with Crippen LogP contribution in [0.5, 0.6) is 0 Å². The molecule has 1 atom stereocenters. The summed E-state index contributed by atoms with van der Waals surface area (Å²) in [6.07, 6.45) is 1.58. The van der Waals surface area contributed by atoms with Gasteiger partial charge in [0.1, 0.15) is 17.8 Å². The van der Waals surface area contributed by atoms with Crippen LogP contribution in [0.25, 0.3) is 10.9 Å². The van der Waals surface area contributed by atoms with E-state index in [1.807, 2.05) is 14.0 Å². The number of carbonyl (C=O) groups excluding carboxylic acids is 1. The van der Waals surface area contributed by atoms with E-state index in [1.54, 1.807) is 34.6 Å². The van der Waals surface area contributed by atoms with Crippen LogP contribution in [0, 0.1) is 5.82 Å². The van der Waals surface area contributed by atoms with Crippen molar-refractivity contribution in [1.29, 1.82) is 0 Å². The predicted octanol–water partition coefficient (Wildman–Crippen LogP) is 1.94. The number of rotatable bonds is 3. The van der Waals surface area contributed by atoms with E-state index in [-0.39, 0.29) is 17.8 Å². The van der Waals surface area contributed by atoms with Crippen LogP contribution in [0.1, 0.15) is 29.3 Å². The SMILES string of the molecule is CC(NC(=O)c1cc2cc(F)ccc2n1C)c1nncn1C. The Morgan fingerprint density at radius 1 is 1.32 bits per heavy atom. The third-order valence-electron chi connectivity index (χ3n) is 3.72. The van der Waals surface area contributed by atoms with Gasteiger partial charge in [-0.2, -0.15) is 0 Å². The Morgan fingerprint density at radius 3 is 2.77 bits per heavy atom. The van der Waals surface area contributed by atoms with Gasteiger partial charge in [-0.1, -0.05) is 0 Å². The number of hydrogen-bond acceptors (Lipinski definition) is 3. The zero-order chi connectivity index (χ0) is 15.9. The summed E-state index contributed by atoms with van der Waals surface area (Å²) in [5.41, 5.74) is 1.27. The van der Waals surface area contributed by atoms with Crippen molar-refractivity contribution in [2.75, 3.05) is 0 Å². The van der Waals surface area contributed by atoms with E-state index < -0.39 is 0 Å². The van der Waals surface area contributed by atoms with E-state index in [9.17, 15) is 9.18 Å². The second kappa shape index (κ2) is 5.25. The van der Waals surface area contributed by atoms with Crippen molar-refractivity contribution in [2.24, 2.45) is 14.1 Å². The van der Waals surface area contributed by atoms with E-state index in [0.29, 0.717) is 16.9 Å². The number of hydrogen-bond donors (Lipinski definition) is 1. The van der Waals surface area contributed by atoms with Gasteiger partial charge in [0, 0.05) is 25.0 Å². The third-order valence-corrected chi connectivity index (χ3v) is 3.72. The van der Waals surface area contributed by atoms with Gasteiger partial charge in [-0.3, -0.25) is 4.79 Å². The van der Waals surface area contributed by atoms with Crippen LogP contribution in [-0.2, 0) is 14.1 Å². The molecule has 0 fully saturated rings. The highest BCUT2D eigenvalue weighted by molar-refractivity contribution is 5.98. The maximum atomic E-state index is 13.3. The van der Waals surface area contributed by atoms with Crippen LogP contribution in [0.15, 0.2) is 30.6 Å². The molecule has 0 bridgehead atoms. The summed E-state index contributed by atoms with van der Waals surface area (Å²) in [5.74, 6) is 0.102. The van der Waals surface area contributed by atoms with Gasteiger partial charge < -0.3 is 14.5 Å². The van der Waals surface area contributed by atoms with Crippen molar-refractivity contribution < 1.29 is 9.18 Å². The molecule has 114 valence electrons. The molecule has 0 aliphatic heterocycles. The lowest BCUT2D eigenvalue weighted by atomic mass is 10.2. The zero-order valence-electron chi connectivity index (χ0n) is 12.5. The molecule has 22 heavy (non-hydrogen) atoms.